The molecular formula is C19H18ClN3O2S. The lowest BCUT2D eigenvalue weighted by atomic mass is 9.85. The summed E-state index contributed by atoms with van der Waals surface area (Å²) in [5.74, 6) is 1.17. The van der Waals surface area contributed by atoms with Crippen LogP contribution in [0.25, 0.3) is 11.3 Å². The SMILES string of the molecule is C[C@H](O)c1ccc(-c2nc(C3CCC3)oc2Sc2ccc(Cl)cn2)cn1. The first-order valence-electron chi connectivity index (χ1n) is 8.54. The molecule has 3 aromatic heterocycles. The minimum absolute atomic E-state index is 0.394. The number of oxazole rings is 1. The number of rotatable bonds is 5. The van der Waals surface area contributed by atoms with Gasteiger partial charge in [-0.3, -0.25) is 4.98 Å². The van der Waals surface area contributed by atoms with E-state index >= 15 is 0 Å². The van der Waals surface area contributed by atoms with E-state index in [-0.39, 0.29) is 0 Å². The van der Waals surface area contributed by atoms with Gasteiger partial charge < -0.3 is 9.52 Å². The predicted octanol–water partition coefficient (Wildman–Crippen LogP) is 5.26. The van der Waals surface area contributed by atoms with Crippen molar-refractivity contribution in [3.63, 3.8) is 0 Å². The molecule has 4 rings (SSSR count). The Bertz CT molecular complexity index is 890. The molecule has 0 saturated heterocycles. The summed E-state index contributed by atoms with van der Waals surface area (Å²) < 4.78 is 6.09. The van der Waals surface area contributed by atoms with Crippen molar-refractivity contribution in [3.05, 3.63) is 53.3 Å². The molecule has 7 heteroatoms. The van der Waals surface area contributed by atoms with Gasteiger partial charge >= 0.3 is 0 Å². The Morgan fingerprint density at radius 3 is 2.62 bits per heavy atom. The fraction of sp³-hybridized carbons (Fsp3) is 0.316. The van der Waals surface area contributed by atoms with Gasteiger partial charge in [-0.25, -0.2) is 9.97 Å². The average molecular weight is 388 g/mol. The maximum absolute atomic E-state index is 9.65. The number of aliphatic hydroxyl groups is 1. The summed E-state index contributed by atoms with van der Waals surface area (Å²) in [6.07, 6.45) is 6.19. The molecule has 1 saturated carbocycles. The van der Waals surface area contributed by atoms with Crippen LogP contribution >= 0.6 is 23.4 Å². The molecule has 0 spiro atoms. The van der Waals surface area contributed by atoms with Gasteiger partial charge in [-0.05, 0) is 55.8 Å². The molecule has 5 nitrogen and oxygen atoms in total. The quantitative estimate of drug-likeness (QED) is 0.644. The summed E-state index contributed by atoms with van der Waals surface area (Å²) in [6.45, 7) is 1.69. The Labute approximate surface area is 160 Å². The first-order valence-corrected chi connectivity index (χ1v) is 9.74. The standard InChI is InChI=1S/C19H18ClN3O2S/c1-11(24)15-7-5-13(9-21-15)17-19(25-18(23-17)12-3-2-4-12)26-16-8-6-14(20)10-22-16/h5-12,24H,2-4H2,1H3/t11-/m0/s1. The van der Waals surface area contributed by atoms with Crippen LogP contribution in [0, 0.1) is 0 Å². The molecule has 0 unspecified atom stereocenters. The molecule has 3 aromatic rings. The minimum atomic E-state index is -0.598. The van der Waals surface area contributed by atoms with Crippen LogP contribution in [0.4, 0.5) is 0 Å². The lowest BCUT2D eigenvalue weighted by molar-refractivity contribution is 0.194. The molecule has 0 aliphatic heterocycles. The second-order valence-electron chi connectivity index (χ2n) is 6.38. The number of nitrogens with zero attached hydrogens (tertiary/aromatic N) is 3. The zero-order valence-corrected chi connectivity index (χ0v) is 15.8. The van der Waals surface area contributed by atoms with E-state index in [0.29, 0.717) is 21.7 Å². The third-order valence-electron chi connectivity index (χ3n) is 4.45. The summed E-state index contributed by atoms with van der Waals surface area (Å²) in [7, 11) is 0. The van der Waals surface area contributed by atoms with Crippen molar-refractivity contribution < 1.29 is 9.52 Å². The third kappa shape index (κ3) is 3.63. The Morgan fingerprint density at radius 2 is 2.04 bits per heavy atom. The van der Waals surface area contributed by atoms with E-state index < -0.39 is 6.10 Å². The molecule has 1 aliphatic carbocycles. The Kier molecular flexibility index (Phi) is 4.98. The molecule has 0 radical (unpaired) electrons. The monoisotopic (exact) mass is 387 g/mol. The van der Waals surface area contributed by atoms with Gasteiger partial charge in [0.2, 0.25) is 0 Å². The van der Waals surface area contributed by atoms with Gasteiger partial charge in [0.05, 0.1) is 16.8 Å². The van der Waals surface area contributed by atoms with Gasteiger partial charge in [-0.2, -0.15) is 0 Å². The Hall–Kier alpha value is -1.89. The van der Waals surface area contributed by atoms with E-state index in [9.17, 15) is 5.11 Å². The van der Waals surface area contributed by atoms with Crippen molar-refractivity contribution in [2.24, 2.45) is 0 Å². The number of aromatic nitrogens is 3. The summed E-state index contributed by atoms with van der Waals surface area (Å²) in [5.41, 5.74) is 2.25. The normalized spacial score (nSPS) is 15.7. The number of halogens is 1. The van der Waals surface area contributed by atoms with Gasteiger partial charge in [-0.15, -0.1) is 0 Å². The van der Waals surface area contributed by atoms with Crippen LogP contribution in [0.15, 0.2) is 51.2 Å². The molecule has 3 heterocycles. The van der Waals surface area contributed by atoms with E-state index in [1.807, 2.05) is 18.2 Å². The highest BCUT2D eigenvalue weighted by Crippen LogP contribution is 2.42. The van der Waals surface area contributed by atoms with Crippen LogP contribution in [-0.2, 0) is 0 Å². The van der Waals surface area contributed by atoms with Crippen LogP contribution in [-0.4, -0.2) is 20.1 Å². The van der Waals surface area contributed by atoms with Crippen LogP contribution in [0.3, 0.4) is 0 Å². The lowest BCUT2D eigenvalue weighted by Gasteiger charge is -2.21. The Balaban J connectivity index is 1.69. The highest BCUT2D eigenvalue weighted by atomic mass is 35.5. The van der Waals surface area contributed by atoms with E-state index in [1.165, 1.54) is 18.2 Å². The van der Waals surface area contributed by atoms with Gasteiger partial charge in [0.1, 0.15) is 10.7 Å². The number of pyridine rings is 2. The van der Waals surface area contributed by atoms with Crippen molar-refractivity contribution in [2.45, 2.75) is 48.3 Å². The maximum atomic E-state index is 9.65. The lowest BCUT2D eigenvalue weighted by Crippen LogP contribution is -2.08. The van der Waals surface area contributed by atoms with Gasteiger partial charge in [0, 0.05) is 23.9 Å². The first-order chi connectivity index (χ1) is 12.6. The van der Waals surface area contributed by atoms with E-state index in [1.54, 1.807) is 25.4 Å². The first kappa shape index (κ1) is 17.5. The van der Waals surface area contributed by atoms with Crippen LogP contribution in [0.1, 0.15) is 49.8 Å². The molecule has 134 valence electrons. The fourth-order valence-corrected chi connectivity index (χ4v) is 3.64. The Morgan fingerprint density at radius 1 is 1.19 bits per heavy atom. The molecular weight excluding hydrogens is 370 g/mol. The van der Waals surface area contributed by atoms with Gasteiger partial charge in [0.25, 0.3) is 0 Å². The van der Waals surface area contributed by atoms with Crippen molar-refractivity contribution in [2.75, 3.05) is 0 Å². The fourth-order valence-electron chi connectivity index (χ4n) is 2.71. The van der Waals surface area contributed by atoms with Crippen molar-refractivity contribution in [1.82, 2.24) is 15.0 Å². The molecule has 1 fully saturated rings. The van der Waals surface area contributed by atoms with Crippen LogP contribution in [0.5, 0.6) is 0 Å². The van der Waals surface area contributed by atoms with E-state index in [2.05, 4.69) is 9.97 Å². The van der Waals surface area contributed by atoms with Crippen LogP contribution < -0.4 is 0 Å². The molecule has 1 N–H and O–H groups in total. The summed E-state index contributed by atoms with van der Waals surface area (Å²) in [4.78, 5) is 13.4. The molecule has 0 bridgehead atoms. The van der Waals surface area contributed by atoms with Crippen molar-refractivity contribution in [3.8, 4) is 11.3 Å². The summed E-state index contributed by atoms with van der Waals surface area (Å²) >= 11 is 7.34. The summed E-state index contributed by atoms with van der Waals surface area (Å²) in [5, 5.41) is 11.7. The second-order valence-corrected chi connectivity index (χ2v) is 7.81. The third-order valence-corrected chi connectivity index (χ3v) is 5.59. The van der Waals surface area contributed by atoms with Crippen molar-refractivity contribution in [1.29, 1.82) is 0 Å². The van der Waals surface area contributed by atoms with E-state index in [4.69, 9.17) is 21.0 Å². The second kappa shape index (κ2) is 7.39. The number of hydrogen-bond acceptors (Lipinski definition) is 6. The molecule has 1 atom stereocenters. The molecule has 26 heavy (non-hydrogen) atoms. The van der Waals surface area contributed by atoms with Gasteiger partial charge in [-0.1, -0.05) is 18.0 Å². The average Bonchev–Trinajstić information content (AvgIpc) is 2.98. The summed E-state index contributed by atoms with van der Waals surface area (Å²) in [6, 6.07) is 7.39. The van der Waals surface area contributed by atoms with Gasteiger partial charge in [0.15, 0.2) is 11.0 Å². The zero-order valence-electron chi connectivity index (χ0n) is 14.2. The van der Waals surface area contributed by atoms with Crippen LogP contribution in [0.2, 0.25) is 5.02 Å². The number of hydrogen-bond donors (Lipinski definition) is 1. The maximum Gasteiger partial charge on any atom is 0.199 e. The molecule has 1 aliphatic rings. The smallest absolute Gasteiger partial charge is 0.199 e. The van der Waals surface area contributed by atoms with E-state index in [0.717, 1.165) is 35.0 Å². The van der Waals surface area contributed by atoms with Crippen molar-refractivity contribution >= 4 is 23.4 Å². The largest absolute Gasteiger partial charge is 0.433 e. The number of aliphatic hydroxyl groups excluding tert-OH is 1. The highest BCUT2D eigenvalue weighted by molar-refractivity contribution is 7.99. The minimum Gasteiger partial charge on any atom is -0.433 e. The topological polar surface area (TPSA) is 72.0 Å². The molecule has 0 aromatic carbocycles. The molecule has 0 amide bonds. The zero-order chi connectivity index (χ0) is 18.1. The highest BCUT2D eigenvalue weighted by Gasteiger charge is 2.27. The predicted molar refractivity (Wildman–Crippen MR) is 100 cm³/mol.